The van der Waals surface area contributed by atoms with Crippen LogP contribution in [0.5, 0.6) is 0 Å². The number of guanidine groups is 1. The van der Waals surface area contributed by atoms with Crippen molar-refractivity contribution in [2.45, 2.75) is 56.3 Å². The molecule has 1 aromatic heterocycles. The molecule has 0 radical (unpaired) electrons. The third-order valence-corrected chi connectivity index (χ3v) is 6.06. The molecule has 0 aliphatic carbocycles. The molecule has 17 heteroatoms. The van der Waals surface area contributed by atoms with Gasteiger partial charge in [-0.05, 0) is 30.9 Å². The average Bonchev–Trinajstić information content (AvgIpc) is 3.31. The highest BCUT2D eigenvalue weighted by atomic mass is 16.4. The second-order valence-corrected chi connectivity index (χ2v) is 9.41. The standard InChI is InChI=1S/C25H35N9O8/c26-14(8-12-11-31-15-5-2-1-4-13(12)15)21(38)32-16(6-3-7-30-25(28)29)22(39)33-17(10-20(36)37)23(40)34-18(24(41)42)9-19(27)35/h1-2,4-5,11,14,16-18,31H,3,6-10,26H2,(H2,27,35)(H,32,38)(H,33,39)(H,34,40)(H,36,37)(H,41,42)(H4,28,29,30). The van der Waals surface area contributed by atoms with Crippen molar-refractivity contribution in [1.82, 2.24) is 20.9 Å². The first kappa shape index (κ1) is 33.0. The van der Waals surface area contributed by atoms with Gasteiger partial charge in [-0.25, -0.2) is 4.79 Å². The fourth-order valence-corrected chi connectivity index (χ4v) is 4.01. The number of carboxylic acid groups (broad SMARTS) is 2. The third kappa shape index (κ3) is 10.4. The number of carboxylic acids is 2. The van der Waals surface area contributed by atoms with E-state index < -0.39 is 72.6 Å². The van der Waals surface area contributed by atoms with Crippen molar-refractivity contribution in [1.29, 1.82) is 0 Å². The lowest BCUT2D eigenvalue weighted by Crippen LogP contribution is -2.57. The zero-order chi connectivity index (χ0) is 31.4. The molecule has 14 N–H and O–H groups in total. The lowest BCUT2D eigenvalue weighted by molar-refractivity contribution is -0.144. The van der Waals surface area contributed by atoms with Gasteiger partial charge in [0.1, 0.15) is 18.1 Å². The SMILES string of the molecule is NC(=O)CC(NC(=O)C(CC(=O)O)NC(=O)C(CCCN=C(N)N)NC(=O)C(N)Cc1c[nH]c2ccccc12)C(=O)O. The summed E-state index contributed by atoms with van der Waals surface area (Å²) in [4.78, 5) is 79.8. The monoisotopic (exact) mass is 589 g/mol. The van der Waals surface area contributed by atoms with E-state index in [-0.39, 0.29) is 31.8 Å². The highest BCUT2D eigenvalue weighted by molar-refractivity contribution is 5.96. The van der Waals surface area contributed by atoms with Crippen molar-refractivity contribution < 1.29 is 39.0 Å². The summed E-state index contributed by atoms with van der Waals surface area (Å²) in [6.07, 6.45) is 0.300. The number of benzene rings is 1. The minimum Gasteiger partial charge on any atom is -0.481 e. The molecule has 0 spiro atoms. The van der Waals surface area contributed by atoms with E-state index in [9.17, 15) is 39.0 Å². The molecular formula is C25H35N9O8. The molecule has 4 unspecified atom stereocenters. The lowest BCUT2D eigenvalue weighted by Gasteiger charge is -2.24. The van der Waals surface area contributed by atoms with Gasteiger partial charge in [-0.2, -0.15) is 0 Å². The van der Waals surface area contributed by atoms with Crippen LogP contribution in [0, 0.1) is 0 Å². The largest absolute Gasteiger partial charge is 0.481 e. The van der Waals surface area contributed by atoms with E-state index in [2.05, 4.69) is 20.6 Å². The van der Waals surface area contributed by atoms with Crippen molar-refractivity contribution in [2.75, 3.05) is 6.54 Å². The van der Waals surface area contributed by atoms with Gasteiger partial charge in [-0.15, -0.1) is 0 Å². The summed E-state index contributed by atoms with van der Waals surface area (Å²) in [5.74, 6) is -7.16. The number of aromatic nitrogens is 1. The number of nitrogens with two attached hydrogens (primary N) is 4. The zero-order valence-electron chi connectivity index (χ0n) is 22.5. The van der Waals surface area contributed by atoms with Gasteiger partial charge in [-0.3, -0.25) is 29.0 Å². The molecule has 2 aromatic rings. The highest BCUT2D eigenvalue weighted by Crippen LogP contribution is 2.19. The first-order valence-corrected chi connectivity index (χ1v) is 12.8. The number of amides is 4. The van der Waals surface area contributed by atoms with E-state index in [0.29, 0.717) is 0 Å². The number of hydrogen-bond acceptors (Lipinski definition) is 8. The smallest absolute Gasteiger partial charge is 0.326 e. The summed E-state index contributed by atoms with van der Waals surface area (Å²) in [6, 6.07) is 1.49. The number of carbonyl (C=O) groups excluding carboxylic acids is 4. The minimum absolute atomic E-state index is 0.0327. The van der Waals surface area contributed by atoms with Crippen LogP contribution in [-0.4, -0.2) is 87.4 Å². The number of rotatable bonds is 17. The van der Waals surface area contributed by atoms with Crippen molar-refractivity contribution in [3.8, 4) is 0 Å². The average molecular weight is 590 g/mol. The molecule has 0 bridgehead atoms. The third-order valence-electron chi connectivity index (χ3n) is 6.06. The molecule has 228 valence electrons. The molecule has 4 amide bonds. The number of aliphatic carboxylic acids is 2. The Morgan fingerprint density at radius 3 is 2.10 bits per heavy atom. The van der Waals surface area contributed by atoms with Crippen LogP contribution in [0.3, 0.4) is 0 Å². The number of nitrogens with one attached hydrogen (secondary N) is 4. The van der Waals surface area contributed by atoms with E-state index in [1.54, 1.807) is 6.20 Å². The Morgan fingerprint density at radius 1 is 0.857 bits per heavy atom. The number of carbonyl (C=O) groups is 6. The molecule has 0 aliphatic heterocycles. The Morgan fingerprint density at radius 2 is 1.48 bits per heavy atom. The number of aromatic amines is 1. The van der Waals surface area contributed by atoms with E-state index in [1.165, 1.54) is 0 Å². The van der Waals surface area contributed by atoms with Crippen LogP contribution in [0.4, 0.5) is 0 Å². The van der Waals surface area contributed by atoms with Gasteiger partial charge < -0.3 is 54.1 Å². The number of nitrogens with zero attached hydrogens (tertiary/aromatic N) is 1. The Bertz CT molecular complexity index is 1340. The molecule has 0 fully saturated rings. The number of fused-ring (bicyclic) bond motifs is 1. The fourth-order valence-electron chi connectivity index (χ4n) is 4.01. The van der Waals surface area contributed by atoms with Crippen LogP contribution < -0.4 is 38.9 Å². The van der Waals surface area contributed by atoms with Crippen molar-refractivity contribution in [3.05, 3.63) is 36.0 Å². The molecular weight excluding hydrogens is 554 g/mol. The maximum absolute atomic E-state index is 13.2. The van der Waals surface area contributed by atoms with Crippen molar-refractivity contribution in [3.63, 3.8) is 0 Å². The maximum atomic E-state index is 13.2. The Labute approximate surface area is 239 Å². The van der Waals surface area contributed by atoms with Crippen molar-refractivity contribution >= 4 is 52.4 Å². The predicted octanol–water partition coefficient (Wildman–Crippen LogP) is -3.02. The molecule has 1 heterocycles. The van der Waals surface area contributed by atoms with Gasteiger partial charge in [0, 0.05) is 23.6 Å². The Hall–Kier alpha value is -5.19. The summed E-state index contributed by atoms with van der Waals surface area (Å²) < 4.78 is 0. The van der Waals surface area contributed by atoms with Crippen LogP contribution in [0.1, 0.15) is 31.2 Å². The van der Waals surface area contributed by atoms with Crippen LogP contribution in [0.15, 0.2) is 35.5 Å². The van der Waals surface area contributed by atoms with Gasteiger partial charge in [0.05, 0.1) is 18.9 Å². The van der Waals surface area contributed by atoms with Crippen LogP contribution >= 0.6 is 0 Å². The Kier molecular flexibility index (Phi) is 12.2. The van der Waals surface area contributed by atoms with Gasteiger partial charge in [-0.1, -0.05) is 18.2 Å². The first-order chi connectivity index (χ1) is 19.8. The summed E-state index contributed by atoms with van der Waals surface area (Å²) in [5, 5.41) is 26.1. The van der Waals surface area contributed by atoms with E-state index >= 15 is 0 Å². The number of para-hydroxylation sites is 1. The van der Waals surface area contributed by atoms with Gasteiger partial charge in [0.2, 0.25) is 23.6 Å². The molecule has 1 aromatic carbocycles. The molecule has 0 aliphatic rings. The number of aliphatic imine (C=N–C) groups is 1. The topological polar surface area (TPSA) is 311 Å². The highest BCUT2D eigenvalue weighted by Gasteiger charge is 2.32. The number of primary amides is 1. The minimum atomic E-state index is -1.76. The summed E-state index contributed by atoms with van der Waals surface area (Å²) in [5.41, 5.74) is 23.4. The number of H-pyrrole nitrogens is 1. The molecule has 42 heavy (non-hydrogen) atoms. The zero-order valence-corrected chi connectivity index (χ0v) is 22.5. The van der Waals surface area contributed by atoms with Gasteiger partial charge in [0.15, 0.2) is 5.96 Å². The molecule has 2 rings (SSSR count). The molecule has 17 nitrogen and oxygen atoms in total. The van der Waals surface area contributed by atoms with Crippen molar-refractivity contribution in [2.24, 2.45) is 27.9 Å². The number of hydrogen-bond donors (Lipinski definition) is 10. The van der Waals surface area contributed by atoms with Crippen LogP contribution in [-0.2, 0) is 35.2 Å². The second kappa shape index (κ2) is 15.6. The summed E-state index contributed by atoms with van der Waals surface area (Å²) in [7, 11) is 0. The molecule has 0 saturated heterocycles. The van der Waals surface area contributed by atoms with E-state index in [0.717, 1.165) is 16.5 Å². The summed E-state index contributed by atoms with van der Waals surface area (Å²) in [6.45, 7) is 0.0931. The fraction of sp³-hybridized carbons (Fsp3) is 0.400. The van der Waals surface area contributed by atoms with E-state index in [1.807, 2.05) is 29.6 Å². The van der Waals surface area contributed by atoms with Gasteiger partial charge >= 0.3 is 11.9 Å². The first-order valence-electron chi connectivity index (χ1n) is 12.8. The quantitative estimate of drug-likeness (QED) is 0.0503. The Balaban J connectivity index is 2.19. The maximum Gasteiger partial charge on any atom is 0.326 e. The van der Waals surface area contributed by atoms with Gasteiger partial charge in [0.25, 0.3) is 0 Å². The molecule has 4 atom stereocenters. The normalized spacial score (nSPS) is 13.6. The van der Waals surface area contributed by atoms with Crippen LogP contribution in [0.25, 0.3) is 10.9 Å². The molecule has 0 saturated carbocycles. The van der Waals surface area contributed by atoms with Crippen LogP contribution in [0.2, 0.25) is 0 Å². The second-order valence-electron chi connectivity index (χ2n) is 9.41. The lowest BCUT2D eigenvalue weighted by atomic mass is 10.0. The summed E-state index contributed by atoms with van der Waals surface area (Å²) >= 11 is 0. The predicted molar refractivity (Wildman–Crippen MR) is 149 cm³/mol. The van der Waals surface area contributed by atoms with E-state index in [4.69, 9.17) is 22.9 Å².